The Morgan fingerprint density at radius 3 is 2.69 bits per heavy atom. The number of nitrogens with one attached hydrogen (secondary N) is 1. The Hall–Kier alpha value is -3.61. The van der Waals surface area contributed by atoms with E-state index in [0.717, 1.165) is 58.1 Å². The van der Waals surface area contributed by atoms with Gasteiger partial charge in [0.05, 0.1) is 35.1 Å². The lowest BCUT2D eigenvalue weighted by atomic mass is 10.0. The average Bonchev–Trinajstić information content (AvgIpc) is 3.47. The molecule has 0 spiro atoms. The highest BCUT2D eigenvalue weighted by molar-refractivity contribution is 7.99. The van der Waals surface area contributed by atoms with Crippen molar-refractivity contribution >= 4 is 23.2 Å². The van der Waals surface area contributed by atoms with E-state index in [-0.39, 0.29) is 5.91 Å². The molecule has 0 radical (unpaired) electrons. The zero-order valence-corrected chi connectivity index (χ0v) is 20.8. The lowest BCUT2D eigenvalue weighted by Crippen LogP contribution is -2.32. The first-order valence-electron chi connectivity index (χ1n) is 11.6. The monoisotopic (exact) mass is 485 g/mol. The van der Waals surface area contributed by atoms with Gasteiger partial charge in [-0.3, -0.25) is 9.48 Å². The van der Waals surface area contributed by atoms with Crippen molar-refractivity contribution in [2.75, 3.05) is 27.2 Å². The van der Waals surface area contributed by atoms with Crippen molar-refractivity contribution in [3.63, 3.8) is 0 Å². The second-order valence-corrected chi connectivity index (χ2v) is 9.94. The van der Waals surface area contributed by atoms with Crippen molar-refractivity contribution in [3.05, 3.63) is 65.7 Å². The van der Waals surface area contributed by atoms with Gasteiger partial charge >= 0.3 is 0 Å². The quantitative estimate of drug-likeness (QED) is 0.457. The summed E-state index contributed by atoms with van der Waals surface area (Å²) in [5, 5.41) is 21.6. The number of carbonyl (C=O) groups excluding carboxylic acids is 1. The first-order valence-corrected chi connectivity index (χ1v) is 12.4. The maximum atomic E-state index is 12.5. The molecule has 1 amide bonds. The Labute approximate surface area is 208 Å². The molecule has 0 unspecified atom stereocenters. The predicted molar refractivity (Wildman–Crippen MR) is 136 cm³/mol. The van der Waals surface area contributed by atoms with Crippen molar-refractivity contribution in [1.82, 2.24) is 29.6 Å². The van der Waals surface area contributed by atoms with Crippen molar-refractivity contribution in [1.29, 1.82) is 5.26 Å². The Kier molecular flexibility index (Phi) is 6.32. The summed E-state index contributed by atoms with van der Waals surface area (Å²) in [5.41, 5.74) is 4.95. The number of amides is 1. The van der Waals surface area contributed by atoms with E-state index >= 15 is 0 Å². The third-order valence-electron chi connectivity index (χ3n) is 6.67. The average molecular weight is 486 g/mol. The molecule has 4 heterocycles. The smallest absolute Gasteiger partial charge is 0.252 e. The van der Waals surface area contributed by atoms with E-state index < -0.39 is 0 Å². The Bertz CT molecular complexity index is 1440. The minimum absolute atomic E-state index is 0.149. The van der Waals surface area contributed by atoms with Gasteiger partial charge in [0, 0.05) is 39.9 Å². The number of rotatable bonds is 5. The van der Waals surface area contributed by atoms with Crippen LogP contribution in [0.5, 0.6) is 0 Å². The second-order valence-electron chi connectivity index (χ2n) is 8.86. The molecular formula is C26H27N7OS. The third-order valence-corrected chi connectivity index (χ3v) is 7.77. The summed E-state index contributed by atoms with van der Waals surface area (Å²) in [6.07, 6.45) is 7.63. The maximum Gasteiger partial charge on any atom is 0.252 e. The molecule has 178 valence electrons. The number of aromatic nitrogens is 4. The molecular weight excluding hydrogens is 458 g/mol. The molecule has 9 heteroatoms. The van der Waals surface area contributed by atoms with E-state index in [9.17, 15) is 10.1 Å². The number of nitrogens with zero attached hydrogens (tertiary/aromatic N) is 6. The third kappa shape index (κ3) is 4.31. The minimum Gasteiger partial charge on any atom is -0.355 e. The van der Waals surface area contributed by atoms with Crippen molar-refractivity contribution in [2.24, 2.45) is 0 Å². The molecule has 1 aliphatic rings. The molecule has 8 nitrogen and oxygen atoms in total. The van der Waals surface area contributed by atoms with E-state index in [4.69, 9.17) is 5.10 Å². The molecule has 5 rings (SSSR count). The van der Waals surface area contributed by atoms with Gasteiger partial charge in [-0.15, -0.1) is 0 Å². The fourth-order valence-electron chi connectivity index (χ4n) is 4.70. The van der Waals surface area contributed by atoms with E-state index in [0.29, 0.717) is 17.2 Å². The van der Waals surface area contributed by atoms with Crippen LogP contribution in [0.2, 0.25) is 0 Å². The first-order chi connectivity index (χ1) is 17.0. The molecule has 4 aromatic rings. The van der Waals surface area contributed by atoms with Crippen LogP contribution in [-0.4, -0.2) is 57.4 Å². The van der Waals surface area contributed by atoms with E-state index in [1.54, 1.807) is 23.8 Å². The fourth-order valence-corrected chi connectivity index (χ4v) is 5.84. The van der Waals surface area contributed by atoms with Gasteiger partial charge in [-0.1, -0.05) is 23.9 Å². The fraction of sp³-hybridized carbons (Fsp3) is 0.308. The molecule has 1 aliphatic heterocycles. The summed E-state index contributed by atoms with van der Waals surface area (Å²) in [4.78, 5) is 16.5. The maximum absolute atomic E-state index is 12.5. The summed E-state index contributed by atoms with van der Waals surface area (Å²) in [7, 11) is 3.78. The van der Waals surface area contributed by atoms with Crippen LogP contribution in [0.3, 0.4) is 0 Å². The number of carbonyl (C=O) groups is 1. The standard InChI is InChI=1S/C26H27N7OS/c1-17-22(15-30-33(17)20-8-10-31(3)11-9-20)18-12-24(25-19(13-27)14-29-32(25)16-18)35-23-7-5-4-6-21(23)26(34)28-2/h4-7,12,14-16,20H,8-11H2,1-3H3,(H,28,34). The highest BCUT2D eigenvalue weighted by atomic mass is 32.2. The van der Waals surface area contributed by atoms with E-state index in [1.807, 2.05) is 30.6 Å². The summed E-state index contributed by atoms with van der Waals surface area (Å²) >= 11 is 1.47. The van der Waals surface area contributed by atoms with Crippen LogP contribution in [0.15, 0.2) is 58.7 Å². The molecule has 1 aromatic carbocycles. The normalized spacial score (nSPS) is 14.8. The number of nitriles is 1. The second kappa shape index (κ2) is 9.56. The highest BCUT2D eigenvalue weighted by Gasteiger charge is 2.23. The molecule has 0 saturated carbocycles. The SMILES string of the molecule is CNC(=O)c1ccccc1Sc1cc(-c2cnn(C3CCN(C)CC3)c2C)cn2ncc(C#N)c12. The number of fused-ring (bicyclic) bond motifs is 1. The van der Waals surface area contributed by atoms with Crippen molar-refractivity contribution < 1.29 is 4.79 Å². The van der Waals surface area contributed by atoms with Gasteiger partial charge in [0.2, 0.25) is 0 Å². The molecule has 1 N–H and O–H groups in total. The van der Waals surface area contributed by atoms with Crippen LogP contribution in [0.4, 0.5) is 0 Å². The number of likely N-dealkylation sites (tertiary alicyclic amines) is 1. The van der Waals surface area contributed by atoms with Crippen LogP contribution in [0, 0.1) is 18.3 Å². The number of hydrogen-bond acceptors (Lipinski definition) is 6. The summed E-state index contributed by atoms with van der Waals surface area (Å²) in [6, 6.07) is 12.2. The number of pyridine rings is 1. The Balaban J connectivity index is 1.59. The summed E-state index contributed by atoms with van der Waals surface area (Å²) in [5.74, 6) is -0.149. The predicted octanol–water partition coefficient (Wildman–Crippen LogP) is 4.16. The molecule has 35 heavy (non-hydrogen) atoms. The lowest BCUT2D eigenvalue weighted by Gasteiger charge is -2.29. The van der Waals surface area contributed by atoms with Gasteiger partial charge in [-0.2, -0.15) is 15.5 Å². The zero-order chi connectivity index (χ0) is 24.5. The minimum atomic E-state index is -0.149. The van der Waals surface area contributed by atoms with Crippen molar-refractivity contribution in [2.45, 2.75) is 35.6 Å². The Morgan fingerprint density at radius 1 is 1.17 bits per heavy atom. The van der Waals surface area contributed by atoms with Gasteiger partial charge in [0.15, 0.2) is 0 Å². The number of benzene rings is 1. The molecule has 0 aliphatic carbocycles. The van der Waals surface area contributed by atoms with Crippen LogP contribution < -0.4 is 5.32 Å². The Morgan fingerprint density at radius 2 is 1.94 bits per heavy atom. The van der Waals surface area contributed by atoms with E-state index in [2.05, 4.69) is 46.1 Å². The highest BCUT2D eigenvalue weighted by Crippen LogP contribution is 2.38. The van der Waals surface area contributed by atoms with Crippen LogP contribution >= 0.6 is 11.8 Å². The van der Waals surface area contributed by atoms with Crippen molar-refractivity contribution in [3.8, 4) is 17.2 Å². The molecule has 1 saturated heterocycles. The van der Waals surface area contributed by atoms with Gasteiger partial charge in [-0.05, 0) is 58.1 Å². The van der Waals surface area contributed by atoms with Gasteiger partial charge in [-0.25, -0.2) is 4.52 Å². The van der Waals surface area contributed by atoms with Gasteiger partial charge in [0.1, 0.15) is 6.07 Å². The van der Waals surface area contributed by atoms with Crippen LogP contribution in [-0.2, 0) is 0 Å². The zero-order valence-electron chi connectivity index (χ0n) is 20.0. The summed E-state index contributed by atoms with van der Waals surface area (Å²) < 4.78 is 3.91. The largest absolute Gasteiger partial charge is 0.355 e. The lowest BCUT2D eigenvalue weighted by molar-refractivity contribution is 0.0960. The van der Waals surface area contributed by atoms with Crippen LogP contribution in [0.25, 0.3) is 16.6 Å². The molecule has 1 fully saturated rings. The summed E-state index contributed by atoms with van der Waals surface area (Å²) in [6.45, 7) is 4.25. The molecule has 3 aromatic heterocycles. The van der Waals surface area contributed by atoms with Gasteiger partial charge < -0.3 is 10.2 Å². The molecule has 0 atom stereocenters. The first kappa shape index (κ1) is 23.1. The van der Waals surface area contributed by atoms with E-state index in [1.165, 1.54) is 11.8 Å². The number of piperidine rings is 1. The van der Waals surface area contributed by atoms with Crippen LogP contribution in [0.1, 0.15) is 40.5 Å². The number of hydrogen-bond donors (Lipinski definition) is 1. The molecule has 0 bridgehead atoms. The topological polar surface area (TPSA) is 91.2 Å². The van der Waals surface area contributed by atoms with Gasteiger partial charge in [0.25, 0.3) is 5.91 Å².